The number of nitro groups is 1. The van der Waals surface area contributed by atoms with Crippen LogP contribution in [0.15, 0.2) is 107 Å². The topological polar surface area (TPSA) is 85.0 Å². The number of hydrogen-bond donors (Lipinski definition) is 0. The highest BCUT2D eigenvalue weighted by Crippen LogP contribution is 2.40. The van der Waals surface area contributed by atoms with Crippen molar-refractivity contribution >= 4 is 69.2 Å². The van der Waals surface area contributed by atoms with Gasteiger partial charge in [-0.2, -0.15) is 0 Å². The van der Waals surface area contributed by atoms with E-state index in [-0.39, 0.29) is 34.0 Å². The second kappa shape index (κ2) is 11.7. The number of nitrogens with zero attached hydrogens (tertiary/aromatic N) is 3. The molecule has 1 fully saturated rings. The molecule has 0 atom stereocenters. The largest absolute Gasteiger partial charge is 0.486 e. The Morgan fingerprint density at radius 3 is 2.15 bits per heavy atom. The lowest BCUT2D eigenvalue weighted by atomic mass is 10.2. The Bertz CT molecular complexity index is 1570. The number of amidine groups is 1. The van der Waals surface area contributed by atoms with E-state index in [1.807, 2.05) is 60.7 Å². The highest BCUT2D eigenvalue weighted by atomic mass is 35.5. The summed E-state index contributed by atoms with van der Waals surface area (Å²) in [6.45, 7) is 0.123. The van der Waals surface area contributed by atoms with Crippen molar-refractivity contribution in [3.63, 3.8) is 0 Å². The van der Waals surface area contributed by atoms with Gasteiger partial charge in [-0.1, -0.05) is 59.6 Å². The van der Waals surface area contributed by atoms with Gasteiger partial charge in [0.05, 0.1) is 31.2 Å². The lowest BCUT2D eigenvalue weighted by Gasteiger charge is -2.15. The zero-order valence-corrected chi connectivity index (χ0v) is 22.5. The second-order valence-corrected chi connectivity index (χ2v) is 10.2. The number of ether oxygens (including phenoxy) is 1. The van der Waals surface area contributed by atoms with Crippen LogP contribution < -0.4 is 9.64 Å². The molecule has 10 heteroatoms. The van der Waals surface area contributed by atoms with Crippen molar-refractivity contribution in [1.29, 1.82) is 0 Å². The van der Waals surface area contributed by atoms with Gasteiger partial charge in [0.25, 0.3) is 11.6 Å². The van der Waals surface area contributed by atoms with Crippen LogP contribution in [0.3, 0.4) is 0 Å². The van der Waals surface area contributed by atoms with E-state index in [0.717, 1.165) is 11.3 Å². The number of carbonyl (C=O) groups excluding carboxylic acids is 1. The van der Waals surface area contributed by atoms with Crippen LogP contribution in [0.4, 0.5) is 17.1 Å². The molecule has 0 aromatic heterocycles. The summed E-state index contributed by atoms with van der Waals surface area (Å²) in [6.07, 6.45) is 1.72. The Morgan fingerprint density at radius 2 is 1.54 bits per heavy atom. The fourth-order valence-corrected chi connectivity index (χ4v) is 5.40. The first-order valence-corrected chi connectivity index (χ1v) is 13.2. The molecule has 194 valence electrons. The maximum absolute atomic E-state index is 13.5. The van der Waals surface area contributed by atoms with Crippen LogP contribution in [0.1, 0.15) is 11.1 Å². The highest BCUT2D eigenvalue weighted by Gasteiger charge is 2.34. The van der Waals surface area contributed by atoms with Crippen LogP contribution in [-0.2, 0) is 11.4 Å². The monoisotopic (exact) mass is 575 g/mol. The number of rotatable bonds is 7. The smallest absolute Gasteiger partial charge is 0.271 e. The van der Waals surface area contributed by atoms with E-state index in [1.54, 1.807) is 35.2 Å². The standard InChI is InChI=1S/C29H19Cl2N3O4S/c30-24-15-20(16-25(31)27(24)38-18-19-11-13-23(14-12-19)34(36)37)17-26-28(35)33(22-9-5-2-6-10-22)29(39-26)32-21-7-3-1-4-8-21/h1-17H,18H2/b26-17+,32-29?. The summed E-state index contributed by atoms with van der Waals surface area (Å²) in [5.74, 6) is 0.0631. The van der Waals surface area contributed by atoms with E-state index in [1.165, 1.54) is 23.9 Å². The number of hydrogen-bond acceptors (Lipinski definition) is 6. The first kappa shape index (κ1) is 26.5. The minimum atomic E-state index is -0.464. The summed E-state index contributed by atoms with van der Waals surface area (Å²) in [5.41, 5.74) is 2.78. The van der Waals surface area contributed by atoms with Crippen molar-refractivity contribution in [2.45, 2.75) is 6.61 Å². The molecule has 39 heavy (non-hydrogen) atoms. The van der Waals surface area contributed by atoms with Crippen LogP contribution in [0.2, 0.25) is 10.0 Å². The third kappa shape index (κ3) is 6.15. The molecule has 0 bridgehead atoms. The fraction of sp³-hybridized carbons (Fsp3) is 0.0345. The van der Waals surface area contributed by atoms with E-state index >= 15 is 0 Å². The Kier molecular flexibility index (Phi) is 7.97. The number of nitro benzene ring substituents is 1. The van der Waals surface area contributed by atoms with E-state index in [2.05, 4.69) is 0 Å². The number of carbonyl (C=O) groups is 1. The summed E-state index contributed by atoms with van der Waals surface area (Å²) in [5, 5.41) is 11.9. The van der Waals surface area contributed by atoms with Crippen molar-refractivity contribution in [1.82, 2.24) is 0 Å². The lowest BCUT2D eigenvalue weighted by Crippen LogP contribution is -2.28. The highest BCUT2D eigenvalue weighted by molar-refractivity contribution is 8.19. The number of anilines is 1. The van der Waals surface area contributed by atoms with E-state index in [9.17, 15) is 14.9 Å². The molecule has 0 N–H and O–H groups in total. The number of benzene rings is 4. The Labute approximate surface area is 238 Å². The van der Waals surface area contributed by atoms with Crippen molar-refractivity contribution in [2.75, 3.05) is 4.90 Å². The molecule has 1 saturated heterocycles. The van der Waals surface area contributed by atoms with Gasteiger partial charge >= 0.3 is 0 Å². The first-order chi connectivity index (χ1) is 18.9. The maximum Gasteiger partial charge on any atom is 0.271 e. The second-order valence-electron chi connectivity index (χ2n) is 8.34. The van der Waals surface area contributed by atoms with Crippen LogP contribution in [-0.4, -0.2) is 16.0 Å². The van der Waals surface area contributed by atoms with Crippen LogP contribution in [0, 0.1) is 10.1 Å². The molecule has 1 aliphatic rings. The molecule has 5 rings (SSSR count). The van der Waals surface area contributed by atoms with E-state index in [0.29, 0.717) is 21.3 Å². The van der Waals surface area contributed by atoms with Crippen molar-refractivity contribution in [3.05, 3.63) is 133 Å². The average molecular weight is 576 g/mol. The number of halogens is 2. The maximum atomic E-state index is 13.5. The number of para-hydroxylation sites is 2. The third-order valence-electron chi connectivity index (χ3n) is 5.65. The minimum absolute atomic E-state index is 0.00525. The summed E-state index contributed by atoms with van der Waals surface area (Å²) in [4.78, 5) is 30.6. The van der Waals surface area contributed by atoms with Crippen molar-refractivity contribution in [2.24, 2.45) is 4.99 Å². The van der Waals surface area contributed by atoms with Gasteiger partial charge in [-0.15, -0.1) is 0 Å². The molecule has 0 spiro atoms. The quantitative estimate of drug-likeness (QED) is 0.126. The fourth-order valence-electron chi connectivity index (χ4n) is 3.79. The molecular formula is C29H19Cl2N3O4S. The van der Waals surface area contributed by atoms with Crippen LogP contribution in [0.5, 0.6) is 5.75 Å². The van der Waals surface area contributed by atoms with Crippen molar-refractivity contribution < 1.29 is 14.5 Å². The van der Waals surface area contributed by atoms with Gasteiger partial charge in [-0.3, -0.25) is 19.8 Å². The first-order valence-electron chi connectivity index (χ1n) is 11.7. The molecule has 0 saturated carbocycles. The zero-order chi connectivity index (χ0) is 27.4. The summed E-state index contributed by atoms with van der Waals surface area (Å²) >= 11 is 14.3. The van der Waals surface area contributed by atoms with Crippen LogP contribution >= 0.6 is 35.0 Å². The molecule has 1 heterocycles. The van der Waals surface area contributed by atoms with E-state index < -0.39 is 4.92 Å². The van der Waals surface area contributed by atoms with Gasteiger partial charge in [-0.25, -0.2) is 4.99 Å². The van der Waals surface area contributed by atoms with Gasteiger partial charge < -0.3 is 4.74 Å². The number of non-ortho nitro benzene ring substituents is 1. The Hall–Kier alpha value is -4.11. The molecular weight excluding hydrogens is 557 g/mol. The molecule has 7 nitrogen and oxygen atoms in total. The van der Waals surface area contributed by atoms with Gasteiger partial charge in [0, 0.05) is 12.1 Å². The predicted octanol–water partition coefficient (Wildman–Crippen LogP) is 8.29. The number of thioether (sulfide) groups is 1. The summed E-state index contributed by atoms with van der Waals surface area (Å²) in [6, 6.07) is 28.1. The van der Waals surface area contributed by atoms with Gasteiger partial charge in [0.1, 0.15) is 6.61 Å². The molecule has 4 aromatic rings. The van der Waals surface area contributed by atoms with E-state index in [4.69, 9.17) is 32.9 Å². The third-order valence-corrected chi connectivity index (χ3v) is 7.18. The van der Waals surface area contributed by atoms with Crippen molar-refractivity contribution in [3.8, 4) is 5.75 Å². The molecule has 1 aliphatic heterocycles. The summed E-state index contributed by atoms with van der Waals surface area (Å²) in [7, 11) is 0. The Balaban J connectivity index is 1.40. The van der Waals surface area contributed by atoms with Gasteiger partial charge in [0.15, 0.2) is 10.9 Å². The van der Waals surface area contributed by atoms with Gasteiger partial charge in [0.2, 0.25) is 0 Å². The van der Waals surface area contributed by atoms with Crippen LogP contribution in [0.25, 0.3) is 6.08 Å². The number of aliphatic imine (C=N–C) groups is 1. The lowest BCUT2D eigenvalue weighted by molar-refractivity contribution is -0.384. The normalized spacial score (nSPS) is 15.2. The molecule has 0 unspecified atom stereocenters. The number of amides is 1. The van der Waals surface area contributed by atoms with Gasteiger partial charge in [-0.05, 0) is 77.5 Å². The molecule has 1 amide bonds. The predicted molar refractivity (Wildman–Crippen MR) is 157 cm³/mol. The minimum Gasteiger partial charge on any atom is -0.486 e. The molecule has 4 aromatic carbocycles. The SMILES string of the molecule is O=C1/C(=C\c2cc(Cl)c(OCc3ccc([N+](=O)[O-])cc3)c(Cl)c2)SC(=Nc2ccccc2)N1c1ccccc1. The Morgan fingerprint density at radius 1 is 0.923 bits per heavy atom. The average Bonchev–Trinajstić information content (AvgIpc) is 3.23. The zero-order valence-electron chi connectivity index (χ0n) is 20.2. The molecule has 0 aliphatic carbocycles. The summed E-state index contributed by atoms with van der Waals surface area (Å²) < 4.78 is 5.80. The molecule has 0 radical (unpaired) electrons.